The lowest BCUT2D eigenvalue weighted by Crippen LogP contribution is -2.10. The van der Waals surface area contributed by atoms with Gasteiger partial charge in [-0.25, -0.2) is 9.59 Å². The van der Waals surface area contributed by atoms with Crippen molar-refractivity contribution in [3.8, 4) is 28.4 Å². The van der Waals surface area contributed by atoms with E-state index in [0.29, 0.717) is 36.7 Å². The van der Waals surface area contributed by atoms with Crippen molar-refractivity contribution >= 4 is 17.6 Å². The van der Waals surface area contributed by atoms with E-state index in [4.69, 9.17) is 18.9 Å². The van der Waals surface area contributed by atoms with Gasteiger partial charge in [0.25, 0.3) is 0 Å². The van der Waals surface area contributed by atoms with Gasteiger partial charge >= 0.3 is 17.6 Å². The molecule has 0 spiro atoms. The van der Waals surface area contributed by atoms with Crippen molar-refractivity contribution in [1.29, 1.82) is 0 Å². The molecule has 0 amide bonds. The normalized spacial score (nSPS) is 10.7. The van der Waals surface area contributed by atoms with Crippen LogP contribution in [0.1, 0.15) is 101 Å². The van der Waals surface area contributed by atoms with Crippen molar-refractivity contribution in [2.75, 3.05) is 19.8 Å². The topological polar surface area (TPSA) is 114 Å². The van der Waals surface area contributed by atoms with Crippen LogP contribution in [0.15, 0.2) is 78.9 Å². The van der Waals surface area contributed by atoms with Gasteiger partial charge in [-0.3, -0.25) is 10.1 Å². The maximum atomic E-state index is 12.8. The Balaban J connectivity index is 1.38. The van der Waals surface area contributed by atoms with Crippen LogP contribution in [0.5, 0.6) is 17.2 Å². The Morgan fingerprint density at radius 1 is 0.688 bits per heavy atom. The van der Waals surface area contributed by atoms with Crippen molar-refractivity contribution < 1.29 is 33.5 Å². The number of esters is 2. The molecule has 0 aliphatic heterocycles. The second kappa shape index (κ2) is 21.3. The van der Waals surface area contributed by atoms with E-state index < -0.39 is 10.9 Å². The SMILES string of the molecule is C=C(C)C(=O)OCCCCCCCCCCOc1ccc(C(=O)Oc2ccc(-c3ccc(OCCCCCC)cc3)cc2[N+](=O)[O-])cc1. The summed E-state index contributed by atoms with van der Waals surface area (Å²) in [6.07, 6.45) is 13.0. The van der Waals surface area contributed by atoms with Crippen LogP contribution in [0, 0.1) is 10.1 Å². The standard InChI is InChI=1S/C39H49NO8/c1-4-5-6-13-26-45-34-21-16-31(17-22-34)33-20-25-37(36(29-33)40(43)44)48-39(42)32-18-23-35(24-19-32)46-27-14-11-9-7-8-10-12-15-28-47-38(41)30(2)3/h16-25,29H,2,4-15,26-28H2,1,3H3. The molecule has 3 aromatic carbocycles. The first-order valence-electron chi connectivity index (χ1n) is 17.1. The molecule has 0 saturated carbocycles. The van der Waals surface area contributed by atoms with Crippen LogP contribution in [0.25, 0.3) is 11.1 Å². The Bertz CT molecular complexity index is 1450. The molecule has 3 aromatic rings. The van der Waals surface area contributed by atoms with E-state index in [2.05, 4.69) is 13.5 Å². The Kier molecular flexibility index (Phi) is 16.7. The summed E-state index contributed by atoms with van der Waals surface area (Å²) in [5.74, 6) is 0.264. The van der Waals surface area contributed by atoms with E-state index in [0.717, 1.165) is 75.5 Å². The van der Waals surface area contributed by atoms with Gasteiger partial charge in [0.2, 0.25) is 5.75 Å². The molecule has 0 atom stereocenters. The molecule has 0 aliphatic carbocycles. The fourth-order valence-electron chi connectivity index (χ4n) is 4.98. The number of carbonyl (C=O) groups is 2. The minimum Gasteiger partial charge on any atom is -0.494 e. The highest BCUT2D eigenvalue weighted by atomic mass is 16.6. The number of carbonyl (C=O) groups excluding carboxylic acids is 2. The third-order valence-corrected chi connectivity index (χ3v) is 7.79. The summed E-state index contributed by atoms with van der Waals surface area (Å²) >= 11 is 0. The molecule has 0 heterocycles. The highest BCUT2D eigenvalue weighted by molar-refractivity contribution is 5.92. The number of ether oxygens (including phenoxy) is 4. The second-order valence-electron chi connectivity index (χ2n) is 11.9. The summed E-state index contributed by atoms with van der Waals surface area (Å²) in [7, 11) is 0. The van der Waals surface area contributed by atoms with Gasteiger partial charge in [0.05, 0.1) is 30.3 Å². The number of nitro benzene ring substituents is 1. The Morgan fingerprint density at radius 2 is 1.19 bits per heavy atom. The molecule has 9 nitrogen and oxygen atoms in total. The number of nitro groups is 1. The van der Waals surface area contributed by atoms with E-state index >= 15 is 0 Å². The maximum absolute atomic E-state index is 12.8. The van der Waals surface area contributed by atoms with Crippen molar-refractivity contribution in [1.82, 2.24) is 0 Å². The predicted molar refractivity (Wildman–Crippen MR) is 188 cm³/mol. The highest BCUT2D eigenvalue weighted by Gasteiger charge is 2.20. The lowest BCUT2D eigenvalue weighted by Gasteiger charge is -2.10. The molecule has 0 N–H and O–H groups in total. The summed E-state index contributed by atoms with van der Waals surface area (Å²) in [6.45, 7) is 9.07. The molecular formula is C39H49NO8. The third-order valence-electron chi connectivity index (χ3n) is 7.79. The largest absolute Gasteiger partial charge is 0.494 e. The van der Waals surface area contributed by atoms with Crippen molar-refractivity contribution in [3.63, 3.8) is 0 Å². The first-order chi connectivity index (χ1) is 23.3. The minimum absolute atomic E-state index is 0.120. The fraction of sp³-hybridized carbons (Fsp3) is 0.436. The van der Waals surface area contributed by atoms with Gasteiger partial charge in [0.1, 0.15) is 11.5 Å². The van der Waals surface area contributed by atoms with Crippen molar-refractivity contribution in [2.45, 2.75) is 90.9 Å². The monoisotopic (exact) mass is 659 g/mol. The number of unbranched alkanes of at least 4 members (excludes halogenated alkanes) is 10. The Morgan fingerprint density at radius 3 is 1.73 bits per heavy atom. The smallest absolute Gasteiger partial charge is 0.343 e. The molecule has 258 valence electrons. The van der Waals surface area contributed by atoms with Gasteiger partial charge in [-0.2, -0.15) is 0 Å². The second-order valence-corrected chi connectivity index (χ2v) is 11.9. The Hall–Kier alpha value is -4.66. The van der Waals surface area contributed by atoms with Crippen molar-refractivity contribution in [2.24, 2.45) is 0 Å². The van der Waals surface area contributed by atoms with Crippen LogP contribution in [-0.2, 0) is 9.53 Å². The summed E-state index contributed by atoms with van der Waals surface area (Å²) in [4.78, 5) is 35.5. The molecule has 0 aliphatic rings. The molecule has 48 heavy (non-hydrogen) atoms. The molecule has 0 radical (unpaired) electrons. The van der Waals surface area contributed by atoms with E-state index in [-0.39, 0.29) is 23.0 Å². The number of hydrogen-bond donors (Lipinski definition) is 0. The lowest BCUT2D eigenvalue weighted by molar-refractivity contribution is -0.385. The van der Waals surface area contributed by atoms with Crippen LogP contribution in [0.3, 0.4) is 0 Å². The third kappa shape index (κ3) is 13.6. The Labute approximate surface area is 284 Å². The average molecular weight is 660 g/mol. The fourth-order valence-corrected chi connectivity index (χ4v) is 4.98. The van der Waals surface area contributed by atoms with Gasteiger partial charge < -0.3 is 18.9 Å². The molecule has 0 aromatic heterocycles. The number of hydrogen-bond acceptors (Lipinski definition) is 8. The van der Waals surface area contributed by atoms with Gasteiger partial charge in [-0.1, -0.05) is 89.5 Å². The number of nitrogens with zero attached hydrogens (tertiary/aromatic N) is 1. The van der Waals surface area contributed by atoms with Gasteiger partial charge in [-0.15, -0.1) is 0 Å². The average Bonchev–Trinajstić information content (AvgIpc) is 3.09. The highest BCUT2D eigenvalue weighted by Crippen LogP contribution is 2.33. The molecular weight excluding hydrogens is 610 g/mol. The van der Waals surface area contributed by atoms with Gasteiger partial charge in [0, 0.05) is 11.6 Å². The summed E-state index contributed by atoms with van der Waals surface area (Å²) in [5, 5.41) is 11.9. The molecule has 3 rings (SSSR count). The zero-order valence-corrected chi connectivity index (χ0v) is 28.4. The van der Waals surface area contributed by atoms with E-state index in [9.17, 15) is 19.7 Å². The molecule has 9 heteroatoms. The number of benzene rings is 3. The molecule has 0 bridgehead atoms. The number of rotatable bonds is 23. The van der Waals surface area contributed by atoms with Crippen LogP contribution in [0.2, 0.25) is 0 Å². The summed E-state index contributed by atoms with van der Waals surface area (Å²) < 4.78 is 22.2. The van der Waals surface area contributed by atoms with Gasteiger partial charge in [-0.05, 0) is 79.8 Å². The summed E-state index contributed by atoms with van der Waals surface area (Å²) in [6, 6.07) is 18.5. The van der Waals surface area contributed by atoms with E-state index in [1.165, 1.54) is 25.0 Å². The van der Waals surface area contributed by atoms with Crippen LogP contribution in [-0.4, -0.2) is 36.7 Å². The first kappa shape index (κ1) is 37.8. The lowest BCUT2D eigenvalue weighted by atomic mass is 10.0. The van der Waals surface area contributed by atoms with Crippen LogP contribution in [0.4, 0.5) is 5.69 Å². The molecule has 0 saturated heterocycles. The zero-order valence-electron chi connectivity index (χ0n) is 28.4. The van der Waals surface area contributed by atoms with E-state index in [1.54, 1.807) is 37.3 Å². The zero-order chi connectivity index (χ0) is 34.6. The first-order valence-corrected chi connectivity index (χ1v) is 17.1. The van der Waals surface area contributed by atoms with Crippen LogP contribution < -0.4 is 14.2 Å². The van der Waals surface area contributed by atoms with E-state index in [1.807, 2.05) is 24.3 Å². The summed E-state index contributed by atoms with van der Waals surface area (Å²) in [5.41, 5.74) is 1.82. The maximum Gasteiger partial charge on any atom is 0.343 e. The van der Waals surface area contributed by atoms with Crippen LogP contribution >= 0.6 is 0 Å². The quantitative estimate of drug-likeness (QED) is 0.0247. The molecule has 0 fully saturated rings. The van der Waals surface area contributed by atoms with Gasteiger partial charge in [0.15, 0.2) is 0 Å². The minimum atomic E-state index is -0.689. The molecule has 0 unspecified atom stereocenters. The van der Waals surface area contributed by atoms with Crippen molar-refractivity contribution in [3.05, 3.63) is 94.6 Å². The predicted octanol–water partition coefficient (Wildman–Crippen LogP) is 10.1.